The molecule has 0 spiro atoms. The van der Waals surface area contributed by atoms with Crippen molar-refractivity contribution >= 4 is 0 Å². The third kappa shape index (κ3) is 1.77. The topological polar surface area (TPSA) is 9.23 Å². The third-order valence-electron chi connectivity index (χ3n) is 7.19. The lowest BCUT2D eigenvalue weighted by molar-refractivity contribution is 0.0362. The van der Waals surface area contributed by atoms with Crippen LogP contribution in [-0.2, 0) is 4.74 Å². The van der Waals surface area contributed by atoms with Crippen molar-refractivity contribution < 1.29 is 4.74 Å². The Kier molecular flexibility index (Phi) is 2.95. The second-order valence-electron chi connectivity index (χ2n) is 8.57. The van der Waals surface area contributed by atoms with E-state index in [1.54, 1.807) is 5.57 Å². The Morgan fingerprint density at radius 1 is 1.11 bits per heavy atom. The quantitative estimate of drug-likeness (QED) is 0.583. The molecule has 2 fully saturated rings. The zero-order valence-corrected chi connectivity index (χ0v) is 13.5. The van der Waals surface area contributed by atoms with Crippen LogP contribution in [0.4, 0.5) is 0 Å². The van der Waals surface area contributed by atoms with Crippen LogP contribution < -0.4 is 0 Å². The van der Waals surface area contributed by atoms with Crippen molar-refractivity contribution in [3.05, 3.63) is 11.6 Å². The molecule has 0 bridgehead atoms. The zero-order chi connectivity index (χ0) is 14.0. The van der Waals surface area contributed by atoms with Gasteiger partial charge in [-0.15, -0.1) is 0 Å². The van der Waals surface area contributed by atoms with Crippen LogP contribution in [0.25, 0.3) is 0 Å². The lowest BCUT2D eigenvalue weighted by atomic mass is 9.64. The summed E-state index contributed by atoms with van der Waals surface area (Å²) in [7, 11) is 0. The normalized spacial score (nSPS) is 47.3. The van der Waals surface area contributed by atoms with Gasteiger partial charge in [0.05, 0.1) is 13.2 Å². The summed E-state index contributed by atoms with van der Waals surface area (Å²) in [5, 5.41) is 0. The minimum absolute atomic E-state index is 0.423. The molecule has 3 rings (SSSR count). The van der Waals surface area contributed by atoms with Gasteiger partial charge in [0.25, 0.3) is 0 Å². The SMILES string of the molecule is CC1COCC2=CC3C(CC21)C(C)(C)C(C)C3(C)C. The Morgan fingerprint density at radius 3 is 2.47 bits per heavy atom. The van der Waals surface area contributed by atoms with Crippen LogP contribution in [0.15, 0.2) is 11.6 Å². The predicted octanol–water partition coefficient (Wildman–Crippen LogP) is 4.53. The fraction of sp³-hybridized carbons (Fsp3) is 0.889. The van der Waals surface area contributed by atoms with Crippen molar-refractivity contribution in [3.63, 3.8) is 0 Å². The smallest absolute Gasteiger partial charge is 0.0679 e. The molecule has 1 heteroatoms. The molecule has 0 aromatic heterocycles. The van der Waals surface area contributed by atoms with Crippen molar-refractivity contribution in [2.75, 3.05) is 13.2 Å². The van der Waals surface area contributed by atoms with Crippen LogP contribution in [0.3, 0.4) is 0 Å². The van der Waals surface area contributed by atoms with E-state index in [0.29, 0.717) is 16.7 Å². The van der Waals surface area contributed by atoms with Gasteiger partial charge >= 0.3 is 0 Å². The number of hydrogen-bond acceptors (Lipinski definition) is 1. The van der Waals surface area contributed by atoms with Gasteiger partial charge in [0, 0.05) is 0 Å². The molecule has 1 heterocycles. The molecule has 3 aliphatic rings. The molecule has 2 aliphatic carbocycles. The first-order chi connectivity index (χ1) is 8.76. The number of hydrogen-bond donors (Lipinski definition) is 0. The maximum absolute atomic E-state index is 5.78. The second kappa shape index (κ2) is 4.10. The van der Waals surface area contributed by atoms with E-state index in [-0.39, 0.29) is 0 Å². The van der Waals surface area contributed by atoms with E-state index in [2.05, 4.69) is 47.6 Å². The van der Waals surface area contributed by atoms with Crippen LogP contribution in [0.5, 0.6) is 0 Å². The van der Waals surface area contributed by atoms with Gasteiger partial charge in [-0.25, -0.2) is 0 Å². The Bertz CT molecular complexity index is 404. The van der Waals surface area contributed by atoms with E-state index < -0.39 is 0 Å². The van der Waals surface area contributed by atoms with Crippen LogP contribution in [-0.4, -0.2) is 13.2 Å². The molecular weight excluding hydrogens is 232 g/mol. The van der Waals surface area contributed by atoms with Gasteiger partial charge in [0.15, 0.2) is 0 Å². The van der Waals surface area contributed by atoms with E-state index in [9.17, 15) is 0 Å². The van der Waals surface area contributed by atoms with Gasteiger partial charge in [0.2, 0.25) is 0 Å². The number of ether oxygens (including phenoxy) is 1. The Balaban J connectivity index is 2.01. The Labute approximate surface area is 118 Å². The molecule has 1 aliphatic heterocycles. The van der Waals surface area contributed by atoms with Crippen LogP contribution >= 0.6 is 0 Å². The van der Waals surface area contributed by atoms with Gasteiger partial charge in [0.1, 0.15) is 0 Å². The summed E-state index contributed by atoms with van der Waals surface area (Å²) in [6.45, 7) is 16.7. The molecule has 5 unspecified atom stereocenters. The molecule has 5 atom stereocenters. The van der Waals surface area contributed by atoms with E-state index >= 15 is 0 Å². The number of fused-ring (bicyclic) bond motifs is 2. The average molecular weight is 262 g/mol. The predicted molar refractivity (Wildman–Crippen MR) is 79.9 cm³/mol. The lowest BCUT2D eigenvalue weighted by Gasteiger charge is -2.43. The highest BCUT2D eigenvalue weighted by atomic mass is 16.5. The molecule has 0 N–H and O–H groups in total. The van der Waals surface area contributed by atoms with Crippen molar-refractivity contribution in [2.45, 2.75) is 48.0 Å². The van der Waals surface area contributed by atoms with Crippen LogP contribution in [0, 0.1) is 40.4 Å². The van der Waals surface area contributed by atoms with E-state index in [1.165, 1.54) is 6.42 Å². The van der Waals surface area contributed by atoms with Crippen molar-refractivity contribution in [1.29, 1.82) is 0 Å². The van der Waals surface area contributed by atoms with Crippen molar-refractivity contribution in [1.82, 2.24) is 0 Å². The van der Waals surface area contributed by atoms with E-state index in [4.69, 9.17) is 4.74 Å². The highest BCUT2D eigenvalue weighted by Gasteiger charge is 2.58. The monoisotopic (exact) mass is 262 g/mol. The molecule has 1 saturated carbocycles. The summed E-state index contributed by atoms with van der Waals surface area (Å²) < 4.78 is 5.78. The summed E-state index contributed by atoms with van der Waals surface area (Å²) in [5.74, 6) is 3.87. The summed E-state index contributed by atoms with van der Waals surface area (Å²) in [5.41, 5.74) is 2.50. The fourth-order valence-corrected chi connectivity index (χ4v) is 5.34. The summed E-state index contributed by atoms with van der Waals surface area (Å²) in [6, 6.07) is 0. The maximum atomic E-state index is 5.78. The lowest BCUT2D eigenvalue weighted by Crippen LogP contribution is -2.38. The third-order valence-corrected chi connectivity index (χ3v) is 7.19. The number of rotatable bonds is 0. The van der Waals surface area contributed by atoms with Gasteiger partial charge in [-0.2, -0.15) is 0 Å². The van der Waals surface area contributed by atoms with Gasteiger partial charge in [-0.05, 0) is 52.4 Å². The highest BCUT2D eigenvalue weighted by molar-refractivity contribution is 5.23. The maximum Gasteiger partial charge on any atom is 0.0679 e. The molecule has 108 valence electrons. The molecule has 1 saturated heterocycles. The first-order valence-corrected chi connectivity index (χ1v) is 8.04. The Morgan fingerprint density at radius 2 is 1.79 bits per heavy atom. The first kappa shape index (κ1) is 13.7. The molecule has 0 amide bonds. The standard InChI is InChI=1S/C18H30O/c1-11-9-19-10-13-7-15-16(8-14(11)13)18(5,6)12(2)17(15,3)4/h7,11-12,14-16H,8-10H2,1-6H3. The van der Waals surface area contributed by atoms with Gasteiger partial charge in [-0.3, -0.25) is 0 Å². The zero-order valence-electron chi connectivity index (χ0n) is 13.5. The second-order valence-corrected chi connectivity index (χ2v) is 8.57. The minimum Gasteiger partial charge on any atom is -0.377 e. The number of allylic oxidation sites excluding steroid dienone is 1. The summed E-state index contributed by atoms with van der Waals surface area (Å²) >= 11 is 0. The Hall–Kier alpha value is -0.300. The molecule has 0 aromatic carbocycles. The van der Waals surface area contributed by atoms with Crippen LogP contribution in [0.2, 0.25) is 0 Å². The van der Waals surface area contributed by atoms with Gasteiger partial charge < -0.3 is 4.74 Å². The largest absolute Gasteiger partial charge is 0.377 e. The van der Waals surface area contributed by atoms with E-state index in [0.717, 1.165) is 36.9 Å². The summed E-state index contributed by atoms with van der Waals surface area (Å²) in [6.07, 6.45) is 4.02. The van der Waals surface area contributed by atoms with Crippen LogP contribution in [0.1, 0.15) is 48.0 Å². The molecule has 19 heavy (non-hydrogen) atoms. The van der Waals surface area contributed by atoms with Gasteiger partial charge in [-0.1, -0.05) is 47.6 Å². The van der Waals surface area contributed by atoms with E-state index in [1.807, 2.05) is 0 Å². The molecular formula is C18H30O. The average Bonchev–Trinajstić information content (AvgIpc) is 2.48. The molecule has 0 aromatic rings. The molecule has 0 radical (unpaired) electrons. The fourth-order valence-electron chi connectivity index (χ4n) is 5.34. The summed E-state index contributed by atoms with van der Waals surface area (Å²) in [4.78, 5) is 0. The van der Waals surface area contributed by atoms with Crippen molar-refractivity contribution in [2.24, 2.45) is 40.4 Å². The minimum atomic E-state index is 0.423. The first-order valence-electron chi connectivity index (χ1n) is 8.04. The highest BCUT2D eigenvalue weighted by Crippen LogP contribution is 2.65. The van der Waals surface area contributed by atoms with Crippen molar-refractivity contribution in [3.8, 4) is 0 Å². The molecule has 1 nitrogen and oxygen atoms in total.